The maximum absolute atomic E-state index is 14.0. The summed E-state index contributed by atoms with van der Waals surface area (Å²) in [6, 6.07) is 5.32. The van der Waals surface area contributed by atoms with E-state index in [4.69, 9.17) is 4.74 Å². The molecular formula is C17H27FN4O. The second-order valence-electron chi connectivity index (χ2n) is 6.14. The molecule has 1 aromatic carbocycles. The Labute approximate surface area is 138 Å². The number of hydrogen-bond donors (Lipinski definition) is 1. The van der Waals surface area contributed by atoms with Gasteiger partial charge in [-0.2, -0.15) is 0 Å². The van der Waals surface area contributed by atoms with E-state index in [1.807, 2.05) is 20.2 Å². The number of halogens is 1. The van der Waals surface area contributed by atoms with Gasteiger partial charge in [-0.15, -0.1) is 0 Å². The van der Waals surface area contributed by atoms with Crippen molar-refractivity contribution in [3.05, 3.63) is 29.6 Å². The van der Waals surface area contributed by atoms with Crippen LogP contribution in [0.1, 0.15) is 12.0 Å². The van der Waals surface area contributed by atoms with E-state index in [9.17, 15) is 4.39 Å². The molecule has 1 aromatic rings. The summed E-state index contributed by atoms with van der Waals surface area (Å²) in [7, 11) is 7.19. The second-order valence-corrected chi connectivity index (χ2v) is 6.14. The Hall–Kier alpha value is -1.82. The fourth-order valence-electron chi connectivity index (χ4n) is 2.93. The summed E-state index contributed by atoms with van der Waals surface area (Å²) in [6.07, 6.45) is 1.11. The van der Waals surface area contributed by atoms with Crippen molar-refractivity contribution in [1.29, 1.82) is 0 Å². The van der Waals surface area contributed by atoms with Gasteiger partial charge < -0.3 is 19.9 Å². The Bertz CT molecular complexity index is 547. The van der Waals surface area contributed by atoms with Crippen molar-refractivity contribution in [2.24, 2.45) is 10.9 Å². The van der Waals surface area contributed by atoms with Gasteiger partial charge in [0, 0.05) is 53.8 Å². The Morgan fingerprint density at radius 2 is 2.26 bits per heavy atom. The van der Waals surface area contributed by atoms with E-state index in [1.54, 1.807) is 31.2 Å². The van der Waals surface area contributed by atoms with Crippen LogP contribution in [0.15, 0.2) is 23.2 Å². The highest BCUT2D eigenvalue weighted by Gasteiger charge is 2.24. The van der Waals surface area contributed by atoms with Crippen LogP contribution in [0.4, 0.5) is 10.1 Å². The summed E-state index contributed by atoms with van der Waals surface area (Å²) in [5, 5.41) is 3.32. The molecule has 1 saturated heterocycles. The van der Waals surface area contributed by atoms with E-state index in [0.29, 0.717) is 18.2 Å². The number of hydrogen-bond acceptors (Lipinski definition) is 3. The lowest BCUT2D eigenvalue weighted by atomic mass is 10.1. The third-order valence-electron chi connectivity index (χ3n) is 4.14. The molecule has 0 saturated carbocycles. The van der Waals surface area contributed by atoms with Crippen LogP contribution in [0.2, 0.25) is 0 Å². The van der Waals surface area contributed by atoms with Gasteiger partial charge in [-0.05, 0) is 24.1 Å². The van der Waals surface area contributed by atoms with Gasteiger partial charge in [0.15, 0.2) is 5.96 Å². The minimum Gasteiger partial charge on any atom is -0.384 e. The lowest BCUT2D eigenvalue weighted by molar-refractivity contribution is 0.157. The molecule has 0 spiro atoms. The van der Waals surface area contributed by atoms with Crippen molar-refractivity contribution < 1.29 is 9.13 Å². The molecule has 128 valence electrons. The number of likely N-dealkylation sites (tertiary alicyclic amines) is 1. The van der Waals surface area contributed by atoms with E-state index in [1.165, 1.54) is 0 Å². The molecule has 1 N–H and O–H groups in total. The summed E-state index contributed by atoms with van der Waals surface area (Å²) in [5.74, 6) is 1.21. The Morgan fingerprint density at radius 3 is 2.87 bits per heavy atom. The van der Waals surface area contributed by atoms with E-state index in [-0.39, 0.29) is 5.82 Å². The molecule has 1 unspecified atom stereocenters. The van der Waals surface area contributed by atoms with Gasteiger partial charge in [-0.1, -0.05) is 6.07 Å². The Morgan fingerprint density at radius 1 is 1.48 bits per heavy atom. The van der Waals surface area contributed by atoms with E-state index in [0.717, 1.165) is 37.6 Å². The van der Waals surface area contributed by atoms with E-state index >= 15 is 0 Å². The van der Waals surface area contributed by atoms with Crippen LogP contribution in [0, 0.1) is 11.7 Å². The minimum absolute atomic E-state index is 0.203. The Balaban J connectivity index is 1.92. The molecule has 2 rings (SSSR count). The van der Waals surface area contributed by atoms with Crippen LogP contribution >= 0.6 is 0 Å². The van der Waals surface area contributed by atoms with Crippen LogP contribution in [0.25, 0.3) is 0 Å². The van der Waals surface area contributed by atoms with Crippen molar-refractivity contribution in [3.8, 4) is 0 Å². The van der Waals surface area contributed by atoms with Gasteiger partial charge in [0.25, 0.3) is 0 Å². The van der Waals surface area contributed by atoms with Crippen LogP contribution in [-0.4, -0.2) is 58.8 Å². The summed E-state index contributed by atoms with van der Waals surface area (Å²) >= 11 is 0. The van der Waals surface area contributed by atoms with Gasteiger partial charge in [0.2, 0.25) is 0 Å². The fraction of sp³-hybridized carbons (Fsp3) is 0.588. The number of aliphatic imine (C=N–C) groups is 1. The summed E-state index contributed by atoms with van der Waals surface area (Å²) < 4.78 is 19.2. The zero-order valence-corrected chi connectivity index (χ0v) is 14.5. The first-order valence-corrected chi connectivity index (χ1v) is 7.95. The SMILES string of the molecule is CN=C(NCc1ccc(N(C)C)c(F)c1)N1CCC(COC)C1. The first kappa shape index (κ1) is 17.5. The quantitative estimate of drug-likeness (QED) is 0.664. The third-order valence-corrected chi connectivity index (χ3v) is 4.14. The smallest absolute Gasteiger partial charge is 0.193 e. The van der Waals surface area contributed by atoms with Gasteiger partial charge >= 0.3 is 0 Å². The van der Waals surface area contributed by atoms with E-state index in [2.05, 4.69) is 15.2 Å². The molecule has 5 nitrogen and oxygen atoms in total. The summed E-state index contributed by atoms with van der Waals surface area (Å²) in [5.41, 5.74) is 1.50. The van der Waals surface area contributed by atoms with Crippen molar-refractivity contribution >= 4 is 11.6 Å². The third kappa shape index (κ3) is 4.58. The number of nitrogens with zero attached hydrogens (tertiary/aromatic N) is 3. The van der Waals surface area contributed by atoms with Crippen LogP contribution in [0.5, 0.6) is 0 Å². The zero-order chi connectivity index (χ0) is 16.8. The van der Waals surface area contributed by atoms with Crippen LogP contribution in [0.3, 0.4) is 0 Å². The standard InChI is InChI=1S/C17H27FN4O/c1-19-17(22-8-7-14(11-22)12-23-4)20-10-13-5-6-16(21(2)3)15(18)9-13/h5-6,9,14H,7-8,10-12H2,1-4H3,(H,19,20). The van der Waals surface area contributed by atoms with Crippen molar-refractivity contribution in [2.75, 3.05) is 52.8 Å². The number of methoxy groups -OCH3 is 1. The average Bonchev–Trinajstić information content (AvgIpc) is 2.96. The number of anilines is 1. The molecule has 0 aliphatic carbocycles. The first-order valence-electron chi connectivity index (χ1n) is 7.95. The highest BCUT2D eigenvalue weighted by Crippen LogP contribution is 2.19. The molecule has 1 aliphatic rings. The van der Waals surface area contributed by atoms with Gasteiger partial charge in [0.1, 0.15) is 5.82 Å². The van der Waals surface area contributed by atoms with Gasteiger partial charge in [-0.3, -0.25) is 4.99 Å². The largest absolute Gasteiger partial charge is 0.384 e. The van der Waals surface area contributed by atoms with Crippen molar-refractivity contribution in [1.82, 2.24) is 10.2 Å². The molecule has 23 heavy (non-hydrogen) atoms. The minimum atomic E-state index is -0.203. The van der Waals surface area contributed by atoms with Gasteiger partial charge in [0.05, 0.1) is 12.3 Å². The van der Waals surface area contributed by atoms with Crippen LogP contribution < -0.4 is 10.2 Å². The zero-order valence-electron chi connectivity index (χ0n) is 14.5. The molecule has 1 aliphatic heterocycles. The fourth-order valence-corrected chi connectivity index (χ4v) is 2.93. The molecule has 6 heteroatoms. The molecule has 0 aromatic heterocycles. The lowest BCUT2D eigenvalue weighted by Crippen LogP contribution is -2.39. The molecule has 1 atom stereocenters. The summed E-state index contributed by atoms with van der Waals surface area (Å²) in [4.78, 5) is 8.34. The second kappa shape index (κ2) is 8.15. The number of guanidine groups is 1. The lowest BCUT2D eigenvalue weighted by Gasteiger charge is -2.22. The number of nitrogens with one attached hydrogen (secondary N) is 1. The Kier molecular flexibility index (Phi) is 6.21. The van der Waals surface area contributed by atoms with E-state index < -0.39 is 0 Å². The van der Waals surface area contributed by atoms with Crippen LogP contribution in [-0.2, 0) is 11.3 Å². The van der Waals surface area contributed by atoms with Crippen molar-refractivity contribution in [3.63, 3.8) is 0 Å². The number of rotatable bonds is 5. The molecule has 0 amide bonds. The topological polar surface area (TPSA) is 40.1 Å². The number of ether oxygens (including phenoxy) is 1. The first-order chi connectivity index (χ1) is 11.0. The molecule has 0 radical (unpaired) electrons. The highest BCUT2D eigenvalue weighted by molar-refractivity contribution is 5.80. The van der Waals surface area contributed by atoms with Crippen molar-refractivity contribution in [2.45, 2.75) is 13.0 Å². The maximum Gasteiger partial charge on any atom is 0.193 e. The molecule has 1 heterocycles. The molecule has 0 bridgehead atoms. The summed E-state index contributed by atoms with van der Waals surface area (Å²) in [6.45, 7) is 3.26. The predicted molar refractivity (Wildman–Crippen MR) is 92.5 cm³/mol. The van der Waals surface area contributed by atoms with Gasteiger partial charge in [-0.25, -0.2) is 4.39 Å². The molecule has 1 fully saturated rings. The highest BCUT2D eigenvalue weighted by atomic mass is 19.1. The maximum atomic E-state index is 14.0. The number of benzene rings is 1. The predicted octanol–water partition coefficient (Wildman–Crippen LogP) is 1.94. The molecular weight excluding hydrogens is 295 g/mol. The normalized spacial score (nSPS) is 18.4. The average molecular weight is 322 g/mol. The monoisotopic (exact) mass is 322 g/mol.